The average molecular weight is 228 g/mol. The Kier molecular flexibility index (Phi) is 31.2. The standard InChI is InChI=1S/C3H7NO3P.4Na/c4-3-1-2-6-8(5)7-3;;;;/h3H,1-2,4H2;;;;/q+1;;;;. The zero-order chi connectivity index (χ0) is 5.98. The smallest absolute Gasteiger partial charge is 0.302 e. The van der Waals surface area contributed by atoms with Crippen LogP contribution in [0.2, 0.25) is 0 Å². The summed E-state index contributed by atoms with van der Waals surface area (Å²) >= 11 is 0. The molecule has 9 heteroatoms. The number of rotatable bonds is 0. The van der Waals surface area contributed by atoms with E-state index in [1.807, 2.05) is 0 Å². The summed E-state index contributed by atoms with van der Waals surface area (Å²) in [4.78, 5) is 0. The second-order valence-corrected chi connectivity index (χ2v) is 2.41. The summed E-state index contributed by atoms with van der Waals surface area (Å²) in [7, 11) is -1.91. The van der Waals surface area contributed by atoms with Gasteiger partial charge in [-0.3, -0.25) is 0 Å². The van der Waals surface area contributed by atoms with Gasteiger partial charge >= 0.3 is 8.25 Å². The molecule has 50 valence electrons. The molecule has 1 rings (SSSR count). The quantitative estimate of drug-likeness (QED) is 0.419. The van der Waals surface area contributed by atoms with Gasteiger partial charge in [0.1, 0.15) is 6.61 Å². The topological polar surface area (TPSA) is 61.5 Å². The predicted octanol–water partition coefficient (Wildman–Crippen LogP) is -1.16. The summed E-state index contributed by atoms with van der Waals surface area (Å²) in [6.45, 7) is 0.441. The molecule has 1 aliphatic heterocycles. The van der Waals surface area contributed by atoms with Crippen molar-refractivity contribution < 1.29 is 13.6 Å². The molecule has 1 fully saturated rings. The molecule has 2 unspecified atom stereocenters. The van der Waals surface area contributed by atoms with Gasteiger partial charge in [-0.05, 0) is 0 Å². The van der Waals surface area contributed by atoms with E-state index in [9.17, 15) is 4.57 Å². The van der Waals surface area contributed by atoms with Crippen molar-refractivity contribution in [2.75, 3.05) is 6.61 Å². The van der Waals surface area contributed by atoms with Crippen LogP contribution in [0.4, 0.5) is 0 Å². The molecule has 0 aliphatic carbocycles. The van der Waals surface area contributed by atoms with Crippen molar-refractivity contribution in [1.82, 2.24) is 0 Å². The van der Waals surface area contributed by atoms with Crippen LogP contribution in [0.25, 0.3) is 0 Å². The summed E-state index contributed by atoms with van der Waals surface area (Å²) in [5, 5.41) is 0. The predicted molar refractivity (Wildman–Crippen MR) is 50.3 cm³/mol. The Labute approximate surface area is 162 Å². The summed E-state index contributed by atoms with van der Waals surface area (Å²) in [6, 6.07) is 0. The molecule has 0 saturated carbocycles. The summed E-state index contributed by atoms with van der Waals surface area (Å²) < 4.78 is 19.4. The third-order valence-corrected chi connectivity index (χ3v) is 1.66. The van der Waals surface area contributed by atoms with Crippen LogP contribution >= 0.6 is 8.25 Å². The van der Waals surface area contributed by atoms with Gasteiger partial charge < -0.3 is 5.73 Å². The fourth-order valence-corrected chi connectivity index (χ4v) is 1.08. The van der Waals surface area contributed by atoms with Crippen molar-refractivity contribution in [1.29, 1.82) is 0 Å². The fraction of sp³-hybridized carbons (Fsp3) is 1.00. The van der Waals surface area contributed by atoms with Crippen LogP contribution in [0, 0.1) is 0 Å². The van der Waals surface area contributed by atoms with Gasteiger partial charge in [-0.25, -0.2) is 0 Å². The molecular formula is C3H7NNa4O3P+. The molecule has 12 heavy (non-hydrogen) atoms. The van der Waals surface area contributed by atoms with Crippen LogP contribution < -0.4 is 5.73 Å². The van der Waals surface area contributed by atoms with E-state index in [0.29, 0.717) is 13.0 Å². The molecule has 0 amide bonds. The molecule has 1 heterocycles. The Morgan fingerprint density at radius 3 is 2.00 bits per heavy atom. The SMILES string of the molecule is NC1CCO[P+](=O)O1.[Na].[Na].[Na].[Na]. The molecule has 4 nitrogen and oxygen atoms in total. The minimum Gasteiger partial charge on any atom is -0.302 e. The van der Waals surface area contributed by atoms with E-state index in [4.69, 9.17) is 5.73 Å². The third kappa shape index (κ3) is 12.1. The van der Waals surface area contributed by atoms with Crippen LogP contribution in [0.5, 0.6) is 0 Å². The molecule has 1 aliphatic rings. The second-order valence-electron chi connectivity index (χ2n) is 1.49. The van der Waals surface area contributed by atoms with Crippen LogP contribution in [0.3, 0.4) is 0 Å². The van der Waals surface area contributed by atoms with Crippen molar-refractivity contribution in [3.8, 4) is 0 Å². The van der Waals surface area contributed by atoms with Gasteiger partial charge in [0, 0.05) is 129 Å². The van der Waals surface area contributed by atoms with Crippen LogP contribution in [-0.4, -0.2) is 131 Å². The first kappa shape index (κ1) is 25.0. The Morgan fingerprint density at radius 1 is 1.25 bits per heavy atom. The maximum absolute atomic E-state index is 10.3. The first-order chi connectivity index (χ1) is 3.79. The summed E-state index contributed by atoms with van der Waals surface area (Å²) in [5.41, 5.74) is 5.24. The van der Waals surface area contributed by atoms with Gasteiger partial charge in [0.15, 0.2) is 6.23 Å². The summed E-state index contributed by atoms with van der Waals surface area (Å²) in [5.74, 6) is 0. The second kappa shape index (κ2) is 15.0. The Morgan fingerprint density at radius 2 is 1.75 bits per heavy atom. The molecule has 0 bridgehead atoms. The van der Waals surface area contributed by atoms with Gasteiger partial charge in [-0.15, -0.1) is 9.05 Å². The molecule has 0 aromatic heterocycles. The zero-order valence-electron chi connectivity index (χ0n) is 8.24. The molecule has 2 atom stereocenters. The van der Waals surface area contributed by atoms with Crippen LogP contribution in [0.15, 0.2) is 0 Å². The van der Waals surface area contributed by atoms with Gasteiger partial charge in [-0.1, -0.05) is 0 Å². The van der Waals surface area contributed by atoms with E-state index in [1.165, 1.54) is 0 Å². The molecule has 4 radical (unpaired) electrons. The molecule has 0 aromatic rings. The van der Waals surface area contributed by atoms with Gasteiger partial charge in [0.2, 0.25) is 0 Å². The van der Waals surface area contributed by atoms with Gasteiger partial charge in [-0.2, -0.15) is 0 Å². The fourth-order valence-electron chi connectivity index (χ4n) is 0.437. The first-order valence-electron chi connectivity index (χ1n) is 2.31. The van der Waals surface area contributed by atoms with Crippen LogP contribution in [-0.2, 0) is 13.6 Å². The monoisotopic (exact) mass is 228 g/mol. The Balaban J connectivity index is -0.0000000800. The zero-order valence-corrected chi connectivity index (χ0v) is 17.1. The van der Waals surface area contributed by atoms with Gasteiger partial charge in [0.25, 0.3) is 0 Å². The molecule has 0 aromatic carbocycles. The van der Waals surface area contributed by atoms with E-state index in [2.05, 4.69) is 9.05 Å². The number of hydrogen-bond acceptors (Lipinski definition) is 4. The maximum Gasteiger partial charge on any atom is 0.699 e. The van der Waals surface area contributed by atoms with Crippen molar-refractivity contribution in [2.24, 2.45) is 5.73 Å². The molecule has 0 spiro atoms. The van der Waals surface area contributed by atoms with Crippen molar-refractivity contribution in [3.05, 3.63) is 0 Å². The Bertz CT molecular complexity index is 118. The van der Waals surface area contributed by atoms with Crippen molar-refractivity contribution >= 4 is 126 Å². The van der Waals surface area contributed by atoms with E-state index in [0.717, 1.165) is 0 Å². The molecular weight excluding hydrogens is 221 g/mol. The molecule has 2 N–H and O–H groups in total. The summed E-state index contributed by atoms with van der Waals surface area (Å²) in [6.07, 6.45) is 0.230. The Hall–Kier alpha value is 3.98. The number of hydrogen-bond donors (Lipinski definition) is 1. The minimum absolute atomic E-state index is 0. The number of nitrogens with two attached hydrogens (primary N) is 1. The third-order valence-electron chi connectivity index (χ3n) is 0.821. The van der Waals surface area contributed by atoms with Crippen molar-refractivity contribution in [2.45, 2.75) is 12.6 Å². The van der Waals surface area contributed by atoms with Crippen LogP contribution in [0.1, 0.15) is 6.42 Å². The average Bonchev–Trinajstić information content (AvgIpc) is 1.64. The van der Waals surface area contributed by atoms with Crippen molar-refractivity contribution in [3.63, 3.8) is 0 Å². The maximum atomic E-state index is 10.3. The van der Waals surface area contributed by atoms with E-state index in [1.54, 1.807) is 0 Å². The largest absolute Gasteiger partial charge is 0.699 e. The molecule has 1 saturated heterocycles. The minimum atomic E-state index is -1.91. The van der Waals surface area contributed by atoms with E-state index in [-0.39, 0.29) is 118 Å². The van der Waals surface area contributed by atoms with Gasteiger partial charge in [0.05, 0.1) is 0 Å². The first-order valence-corrected chi connectivity index (χ1v) is 3.41. The van der Waals surface area contributed by atoms with E-state index < -0.39 is 14.5 Å². The normalized spacial score (nSPS) is 23.4. The van der Waals surface area contributed by atoms with E-state index >= 15 is 0 Å².